The molecule has 70 valence electrons. The van der Waals surface area contributed by atoms with Crippen LogP contribution in [0, 0.1) is 0 Å². The molecule has 0 aliphatic rings. The summed E-state index contributed by atoms with van der Waals surface area (Å²) in [6, 6.07) is 3.47. The van der Waals surface area contributed by atoms with E-state index in [1.165, 1.54) is 6.20 Å². The summed E-state index contributed by atoms with van der Waals surface area (Å²) in [6.07, 6.45) is 5.74. The number of halogens is 1. The highest BCUT2D eigenvalue weighted by Gasteiger charge is 2.01. The van der Waals surface area contributed by atoms with Crippen molar-refractivity contribution >= 4 is 22.2 Å². The van der Waals surface area contributed by atoms with Gasteiger partial charge in [0.2, 0.25) is 0 Å². The fraction of sp³-hybridized carbons (Fsp3) is 0. The average molecular weight is 252 g/mol. The van der Waals surface area contributed by atoms with Gasteiger partial charge in [0.25, 0.3) is 0 Å². The fourth-order valence-corrected chi connectivity index (χ4v) is 1.48. The number of carbonyl (C=O) groups is 1. The zero-order chi connectivity index (χ0) is 9.97. The van der Waals surface area contributed by atoms with E-state index in [1.807, 2.05) is 0 Å². The monoisotopic (exact) mass is 251 g/mol. The number of aromatic nitrogens is 3. The van der Waals surface area contributed by atoms with E-state index in [0.29, 0.717) is 10.3 Å². The van der Waals surface area contributed by atoms with E-state index in [4.69, 9.17) is 0 Å². The van der Waals surface area contributed by atoms with Crippen LogP contribution in [0.1, 0.15) is 10.4 Å². The van der Waals surface area contributed by atoms with Gasteiger partial charge in [-0.25, -0.2) is 9.97 Å². The Bertz CT molecular complexity index is 449. The lowest BCUT2D eigenvalue weighted by Gasteiger charge is -2.01. The van der Waals surface area contributed by atoms with Crippen molar-refractivity contribution in [3.8, 4) is 5.82 Å². The number of hydrogen-bond donors (Lipinski definition) is 0. The van der Waals surface area contributed by atoms with Crippen LogP contribution in [0.4, 0.5) is 0 Å². The maximum atomic E-state index is 10.4. The molecule has 0 unspecified atom stereocenters. The summed E-state index contributed by atoms with van der Waals surface area (Å²) in [6.45, 7) is 0. The third-order valence-corrected chi connectivity index (χ3v) is 2.34. The Kier molecular flexibility index (Phi) is 2.41. The SMILES string of the molecule is O=Cc1ccc(-n2ccnc2Br)nc1. The van der Waals surface area contributed by atoms with Crippen molar-refractivity contribution in [3.63, 3.8) is 0 Å². The quantitative estimate of drug-likeness (QED) is 0.766. The molecule has 0 aliphatic heterocycles. The summed E-state index contributed by atoms with van der Waals surface area (Å²) in [5, 5.41) is 0. The van der Waals surface area contributed by atoms with Gasteiger partial charge in [0.15, 0.2) is 11.0 Å². The van der Waals surface area contributed by atoms with Crippen LogP contribution in [0.3, 0.4) is 0 Å². The molecule has 0 aliphatic carbocycles. The van der Waals surface area contributed by atoms with Gasteiger partial charge < -0.3 is 0 Å². The Morgan fingerprint density at radius 1 is 1.36 bits per heavy atom. The van der Waals surface area contributed by atoms with E-state index in [-0.39, 0.29) is 0 Å². The number of nitrogens with zero attached hydrogens (tertiary/aromatic N) is 3. The minimum absolute atomic E-state index is 0.560. The van der Waals surface area contributed by atoms with E-state index in [0.717, 1.165) is 12.1 Å². The summed E-state index contributed by atoms with van der Waals surface area (Å²) in [5.74, 6) is 0.722. The van der Waals surface area contributed by atoms with E-state index in [9.17, 15) is 4.79 Å². The van der Waals surface area contributed by atoms with Gasteiger partial charge in [-0.1, -0.05) is 0 Å². The normalized spacial score (nSPS) is 10.1. The van der Waals surface area contributed by atoms with Gasteiger partial charge in [-0.15, -0.1) is 0 Å². The molecular weight excluding hydrogens is 246 g/mol. The second-order valence-corrected chi connectivity index (χ2v) is 3.34. The highest BCUT2D eigenvalue weighted by Crippen LogP contribution is 2.12. The zero-order valence-electron chi connectivity index (χ0n) is 7.09. The lowest BCUT2D eigenvalue weighted by molar-refractivity contribution is 0.112. The summed E-state index contributed by atoms with van der Waals surface area (Å²) < 4.78 is 2.46. The molecule has 2 aromatic rings. The smallest absolute Gasteiger partial charge is 0.182 e. The number of aldehydes is 1. The number of rotatable bonds is 2. The number of imidazole rings is 1. The zero-order valence-corrected chi connectivity index (χ0v) is 8.68. The Morgan fingerprint density at radius 2 is 2.21 bits per heavy atom. The van der Waals surface area contributed by atoms with Gasteiger partial charge in [0.1, 0.15) is 5.82 Å². The largest absolute Gasteiger partial charge is 0.298 e. The molecule has 0 saturated carbocycles. The van der Waals surface area contributed by atoms with E-state index < -0.39 is 0 Å². The Balaban J connectivity index is 2.43. The highest BCUT2D eigenvalue weighted by molar-refractivity contribution is 9.10. The molecule has 0 amide bonds. The van der Waals surface area contributed by atoms with Crippen molar-refractivity contribution in [2.24, 2.45) is 0 Å². The van der Waals surface area contributed by atoms with Gasteiger partial charge >= 0.3 is 0 Å². The molecule has 0 N–H and O–H groups in total. The first-order valence-corrected chi connectivity index (χ1v) is 4.71. The van der Waals surface area contributed by atoms with Gasteiger partial charge in [0.05, 0.1) is 0 Å². The lowest BCUT2D eigenvalue weighted by atomic mass is 10.3. The summed E-state index contributed by atoms with van der Waals surface area (Å²) in [5.41, 5.74) is 0.560. The van der Waals surface area contributed by atoms with Crippen LogP contribution in [0.25, 0.3) is 5.82 Å². The number of carbonyl (C=O) groups excluding carboxylic acids is 1. The molecule has 0 aromatic carbocycles. The first-order chi connectivity index (χ1) is 6.81. The van der Waals surface area contributed by atoms with Crippen LogP contribution in [-0.2, 0) is 0 Å². The molecule has 0 radical (unpaired) electrons. The standard InChI is InChI=1S/C9H6BrN3O/c10-9-11-3-4-13(9)8-2-1-7(6-14)5-12-8/h1-6H. The lowest BCUT2D eigenvalue weighted by Crippen LogP contribution is -1.96. The molecular formula is C9H6BrN3O. The van der Waals surface area contributed by atoms with Crippen LogP contribution >= 0.6 is 15.9 Å². The fourth-order valence-electron chi connectivity index (χ4n) is 1.07. The van der Waals surface area contributed by atoms with Crippen molar-refractivity contribution in [1.29, 1.82) is 0 Å². The topological polar surface area (TPSA) is 47.8 Å². The molecule has 5 heteroatoms. The average Bonchev–Trinajstić information content (AvgIpc) is 2.65. The predicted molar refractivity (Wildman–Crippen MR) is 54.4 cm³/mol. The number of pyridine rings is 1. The third-order valence-electron chi connectivity index (χ3n) is 1.75. The van der Waals surface area contributed by atoms with Crippen molar-refractivity contribution in [2.75, 3.05) is 0 Å². The molecule has 0 spiro atoms. The minimum atomic E-state index is 0.560. The van der Waals surface area contributed by atoms with Gasteiger partial charge in [-0.3, -0.25) is 9.36 Å². The summed E-state index contributed by atoms with van der Waals surface area (Å²) >= 11 is 3.28. The molecule has 2 heterocycles. The van der Waals surface area contributed by atoms with Crippen LogP contribution in [0.5, 0.6) is 0 Å². The highest BCUT2D eigenvalue weighted by atomic mass is 79.9. The minimum Gasteiger partial charge on any atom is -0.298 e. The number of hydrogen-bond acceptors (Lipinski definition) is 3. The first-order valence-electron chi connectivity index (χ1n) is 3.92. The van der Waals surface area contributed by atoms with Crippen molar-refractivity contribution in [2.45, 2.75) is 0 Å². The van der Waals surface area contributed by atoms with Crippen LogP contribution in [0.2, 0.25) is 0 Å². The Morgan fingerprint density at radius 3 is 2.71 bits per heavy atom. The van der Waals surface area contributed by atoms with E-state index >= 15 is 0 Å². The van der Waals surface area contributed by atoms with Crippen LogP contribution < -0.4 is 0 Å². The molecule has 0 bridgehead atoms. The van der Waals surface area contributed by atoms with Crippen molar-refractivity contribution in [1.82, 2.24) is 14.5 Å². The molecule has 0 saturated heterocycles. The second kappa shape index (κ2) is 3.71. The first kappa shape index (κ1) is 9.08. The van der Waals surface area contributed by atoms with E-state index in [1.54, 1.807) is 29.1 Å². The van der Waals surface area contributed by atoms with Gasteiger partial charge in [-0.2, -0.15) is 0 Å². The van der Waals surface area contributed by atoms with Crippen molar-refractivity contribution in [3.05, 3.63) is 41.0 Å². The Hall–Kier alpha value is -1.49. The maximum absolute atomic E-state index is 10.4. The Labute approximate surface area is 88.7 Å². The maximum Gasteiger partial charge on any atom is 0.182 e. The molecule has 0 atom stereocenters. The van der Waals surface area contributed by atoms with Crippen molar-refractivity contribution < 1.29 is 4.79 Å². The van der Waals surface area contributed by atoms with Gasteiger partial charge in [-0.05, 0) is 28.1 Å². The van der Waals surface area contributed by atoms with E-state index in [2.05, 4.69) is 25.9 Å². The summed E-state index contributed by atoms with van der Waals surface area (Å²) in [7, 11) is 0. The molecule has 0 fully saturated rings. The van der Waals surface area contributed by atoms with Crippen LogP contribution in [-0.4, -0.2) is 20.8 Å². The third kappa shape index (κ3) is 1.58. The van der Waals surface area contributed by atoms with Crippen LogP contribution in [0.15, 0.2) is 35.5 Å². The molecule has 2 aromatic heterocycles. The molecule has 14 heavy (non-hydrogen) atoms. The second-order valence-electron chi connectivity index (χ2n) is 2.63. The van der Waals surface area contributed by atoms with Gasteiger partial charge in [0, 0.05) is 24.2 Å². The predicted octanol–water partition coefficient (Wildman–Crippen LogP) is 1.84. The summed E-state index contributed by atoms with van der Waals surface area (Å²) in [4.78, 5) is 18.5. The molecule has 4 nitrogen and oxygen atoms in total. The molecule has 2 rings (SSSR count).